The monoisotopic (exact) mass is 385 g/mol. The molecule has 1 atom stereocenters. The molecular formula is C20H20ClN3O3. The summed E-state index contributed by atoms with van der Waals surface area (Å²) in [6.07, 6.45) is 0.953. The van der Waals surface area contributed by atoms with E-state index in [2.05, 4.69) is 10.9 Å². The highest BCUT2D eigenvalue weighted by molar-refractivity contribution is 6.33. The lowest BCUT2D eigenvalue weighted by Crippen LogP contribution is -2.45. The van der Waals surface area contributed by atoms with Crippen LogP contribution in [0.25, 0.3) is 0 Å². The Kier molecular flexibility index (Phi) is 5.76. The summed E-state index contributed by atoms with van der Waals surface area (Å²) in [5, 5.41) is 0.454. The van der Waals surface area contributed by atoms with Gasteiger partial charge in [0.2, 0.25) is 11.8 Å². The third-order valence-corrected chi connectivity index (χ3v) is 4.88. The van der Waals surface area contributed by atoms with E-state index in [9.17, 15) is 14.4 Å². The van der Waals surface area contributed by atoms with Crippen molar-refractivity contribution < 1.29 is 14.4 Å². The number of amides is 3. The summed E-state index contributed by atoms with van der Waals surface area (Å²) >= 11 is 6.14. The highest BCUT2D eigenvalue weighted by Gasteiger charge is 2.36. The van der Waals surface area contributed by atoms with Crippen LogP contribution in [0.5, 0.6) is 0 Å². The summed E-state index contributed by atoms with van der Waals surface area (Å²) in [6.45, 7) is 2.25. The summed E-state index contributed by atoms with van der Waals surface area (Å²) in [6, 6.07) is 14.1. The van der Waals surface area contributed by atoms with Crippen molar-refractivity contribution >= 4 is 35.0 Å². The van der Waals surface area contributed by atoms with Crippen LogP contribution in [-0.2, 0) is 16.0 Å². The first-order valence-electron chi connectivity index (χ1n) is 8.73. The van der Waals surface area contributed by atoms with Crippen LogP contribution in [0.1, 0.15) is 29.3 Å². The average Bonchev–Trinajstić information content (AvgIpc) is 3.08. The smallest absolute Gasteiger partial charge is 0.269 e. The van der Waals surface area contributed by atoms with Gasteiger partial charge in [-0.15, -0.1) is 0 Å². The van der Waals surface area contributed by atoms with Crippen LogP contribution in [0, 0.1) is 5.92 Å². The molecule has 1 aliphatic rings. The van der Waals surface area contributed by atoms with Crippen LogP contribution < -0.4 is 15.8 Å². The lowest BCUT2D eigenvalue weighted by molar-refractivity contribution is -0.126. The van der Waals surface area contributed by atoms with Crippen molar-refractivity contribution in [1.82, 2.24) is 10.9 Å². The number of benzene rings is 2. The molecule has 0 radical (unpaired) electrons. The number of nitrogens with zero attached hydrogens (tertiary/aromatic N) is 1. The predicted molar refractivity (Wildman–Crippen MR) is 103 cm³/mol. The molecule has 1 heterocycles. The number of carbonyl (C=O) groups excluding carboxylic acids is 3. The van der Waals surface area contributed by atoms with Gasteiger partial charge in [-0.1, -0.05) is 42.8 Å². The molecule has 0 aromatic heterocycles. The molecule has 140 valence electrons. The summed E-state index contributed by atoms with van der Waals surface area (Å²) in [7, 11) is 0. The molecule has 1 saturated heterocycles. The van der Waals surface area contributed by atoms with Crippen LogP contribution in [-0.4, -0.2) is 24.3 Å². The number of halogens is 1. The van der Waals surface area contributed by atoms with Gasteiger partial charge >= 0.3 is 0 Å². The SMILES string of the molecule is CCc1ccc(C(=O)NNC(=O)C2CC(=O)N(c3ccccc3Cl)C2)cc1. The summed E-state index contributed by atoms with van der Waals surface area (Å²) in [4.78, 5) is 38.2. The minimum Gasteiger partial charge on any atom is -0.310 e. The maximum Gasteiger partial charge on any atom is 0.269 e. The average molecular weight is 386 g/mol. The fraction of sp³-hybridized carbons (Fsp3) is 0.250. The topological polar surface area (TPSA) is 78.5 Å². The molecule has 0 aliphatic carbocycles. The molecule has 0 spiro atoms. The van der Waals surface area contributed by atoms with Crippen LogP contribution >= 0.6 is 11.6 Å². The molecule has 2 aromatic rings. The second-order valence-corrected chi connectivity index (χ2v) is 6.76. The van der Waals surface area contributed by atoms with Crippen molar-refractivity contribution in [2.45, 2.75) is 19.8 Å². The summed E-state index contributed by atoms with van der Waals surface area (Å²) in [5.74, 6) is -1.55. The normalized spacial score (nSPS) is 16.3. The second kappa shape index (κ2) is 8.22. The number of hydrogen-bond acceptors (Lipinski definition) is 3. The predicted octanol–water partition coefficient (Wildman–Crippen LogP) is 2.72. The summed E-state index contributed by atoms with van der Waals surface area (Å²) < 4.78 is 0. The van der Waals surface area contributed by atoms with Crippen LogP contribution in [0.15, 0.2) is 48.5 Å². The van der Waals surface area contributed by atoms with Crippen molar-refractivity contribution in [3.63, 3.8) is 0 Å². The van der Waals surface area contributed by atoms with E-state index in [1.165, 1.54) is 4.90 Å². The molecule has 27 heavy (non-hydrogen) atoms. The van der Waals surface area contributed by atoms with E-state index < -0.39 is 17.7 Å². The fourth-order valence-electron chi connectivity index (χ4n) is 2.97. The van der Waals surface area contributed by atoms with Crippen LogP contribution in [0.2, 0.25) is 5.02 Å². The van der Waals surface area contributed by atoms with Gasteiger partial charge in [-0.05, 0) is 36.2 Å². The van der Waals surface area contributed by atoms with E-state index in [1.54, 1.807) is 36.4 Å². The van der Waals surface area contributed by atoms with Gasteiger partial charge in [-0.2, -0.15) is 0 Å². The number of rotatable bonds is 4. The quantitative estimate of drug-likeness (QED) is 0.794. The molecule has 1 aliphatic heterocycles. The number of aryl methyl sites for hydroxylation is 1. The van der Waals surface area contributed by atoms with E-state index in [0.29, 0.717) is 16.3 Å². The van der Waals surface area contributed by atoms with Gasteiger partial charge in [0.25, 0.3) is 5.91 Å². The maximum atomic E-state index is 12.4. The Balaban J connectivity index is 1.57. The van der Waals surface area contributed by atoms with E-state index >= 15 is 0 Å². The molecule has 3 rings (SSSR count). The lowest BCUT2D eigenvalue weighted by atomic mass is 10.1. The third-order valence-electron chi connectivity index (χ3n) is 4.56. The van der Waals surface area contributed by atoms with Crippen molar-refractivity contribution in [3.05, 3.63) is 64.7 Å². The minimum absolute atomic E-state index is 0.0676. The van der Waals surface area contributed by atoms with Crippen molar-refractivity contribution in [3.8, 4) is 0 Å². The first-order valence-corrected chi connectivity index (χ1v) is 9.11. The summed E-state index contributed by atoms with van der Waals surface area (Å²) in [5.41, 5.74) is 6.97. The first kappa shape index (κ1) is 18.9. The van der Waals surface area contributed by atoms with Crippen LogP contribution in [0.4, 0.5) is 5.69 Å². The van der Waals surface area contributed by atoms with E-state index in [-0.39, 0.29) is 18.9 Å². The van der Waals surface area contributed by atoms with Gasteiger partial charge in [-0.3, -0.25) is 25.2 Å². The Morgan fingerprint density at radius 2 is 1.81 bits per heavy atom. The Hall–Kier alpha value is -2.86. The van der Waals surface area contributed by atoms with E-state index in [1.807, 2.05) is 19.1 Å². The van der Waals surface area contributed by atoms with Crippen molar-refractivity contribution in [2.24, 2.45) is 5.92 Å². The van der Waals surface area contributed by atoms with E-state index in [4.69, 9.17) is 11.6 Å². The lowest BCUT2D eigenvalue weighted by Gasteiger charge is -2.18. The molecule has 0 saturated carbocycles. The minimum atomic E-state index is -0.559. The Morgan fingerprint density at radius 3 is 2.48 bits per heavy atom. The van der Waals surface area contributed by atoms with Gasteiger partial charge in [0.05, 0.1) is 16.6 Å². The molecule has 2 N–H and O–H groups in total. The Bertz CT molecular complexity index is 867. The molecule has 1 unspecified atom stereocenters. The zero-order valence-corrected chi connectivity index (χ0v) is 15.6. The molecule has 1 fully saturated rings. The third kappa shape index (κ3) is 4.28. The van der Waals surface area contributed by atoms with Gasteiger partial charge < -0.3 is 4.90 Å². The largest absolute Gasteiger partial charge is 0.310 e. The number of anilines is 1. The fourth-order valence-corrected chi connectivity index (χ4v) is 3.21. The maximum absolute atomic E-state index is 12.4. The molecule has 0 bridgehead atoms. The molecular weight excluding hydrogens is 366 g/mol. The Labute approximate surface area is 162 Å². The molecule has 7 heteroatoms. The number of hydrogen-bond donors (Lipinski definition) is 2. The standard InChI is InChI=1S/C20H20ClN3O3/c1-2-13-7-9-14(10-8-13)19(26)22-23-20(27)15-11-18(25)24(12-15)17-6-4-3-5-16(17)21/h3-10,15H,2,11-12H2,1H3,(H,22,26)(H,23,27). The Morgan fingerprint density at radius 1 is 1.11 bits per heavy atom. The van der Waals surface area contributed by atoms with Gasteiger partial charge in [-0.25, -0.2) is 0 Å². The number of para-hydroxylation sites is 1. The number of nitrogens with one attached hydrogen (secondary N) is 2. The molecule has 3 amide bonds. The zero-order chi connectivity index (χ0) is 19.4. The second-order valence-electron chi connectivity index (χ2n) is 6.35. The van der Waals surface area contributed by atoms with Crippen LogP contribution in [0.3, 0.4) is 0 Å². The van der Waals surface area contributed by atoms with Gasteiger partial charge in [0, 0.05) is 18.5 Å². The van der Waals surface area contributed by atoms with E-state index in [0.717, 1.165) is 12.0 Å². The molecule has 6 nitrogen and oxygen atoms in total. The van der Waals surface area contributed by atoms with Crippen molar-refractivity contribution in [1.29, 1.82) is 0 Å². The number of carbonyl (C=O) groups is 3. The molecule has 2 aromatic carbocycles. The zero-order valence-electron chi connectivity index (χ0n) is 14.9. The number of hydrazine groups is 1. The van der Waals surface area contributed by atoms with Gasteiger partial charge in [0.1, 0.15) is 0 Å². The van der Waals surface area contributed by atoms with Gasteiger partial charge in [0.15, 0.2) is 0 Å². The first-order chi connectivity index (χ1) is 13.0. The highest BCUT2D eigenvalue weighted by atomic mass is 35.5. The highest BCUT2D eigenvalue weighted by Crippen LogP contribution is 2.30. The van der Waals surface area contributed by atoms with Crippen molar-refractivity contribution in [2.75, 3.05) is 11.4 Å².